The van der Waals surface area contributed by atoms with Crippen LogP contribution in [0.15, 0.2) is 0 Å². The molecule has 1 rings (SSSR count). The molecule has 144 valence electrons. The van der Waals surface area contributed by atoms with Crippen molar-refractivity contribution in [3.8, 4) is 0 Å². The summed E-state index contributed by atoms with van der Waals surface area (Å²) in [6.45, 7) is 9.87. The van der Waals surface area contributed by atoms with Crippen molar-refractivity contribution in [1.29, 1.82) is 0 Å². The van der Waals surface area contributed by atoms with Crippen LogP contribution in [0, 0.1) is 0 Å². The second kappa shape index (κ2) is 10.9. The summed E-state index contributed by atoms with van der Waals surface area (Å²) in [7, 11) is 0. The van der Waals surface area contributed by atoms with Crippen LogP contribution in [0.5, 0.6) is 0 Å². The van der Waals surface area contributed by atoms with Gasteiger partial charge in [-0.3, -0.25) is 9.59 Å². The van der Waals surface area contributed by atoms with Crippen LogP contribution in [0.3, 0.4) is 0 Å². The molecule has 1 unspecified atom stereocenters. The molecule has 7 heteroatoms. The molecule has 0 radical (unpaired) electrons. The summed E-state index contributed by atoms with van der Waals surface area (Å²) in [5, 5.41) is 2.39. The van der Waals surface area contributed by atoms with Crippen LogP contribution >= 0.6 is 0 Å². The fourth-order valence-electron chi connectivity index (χ4n) is 2.09. The van der Waals surface area contributed by atoms with Crippen molar-refractivity contribution in [3.05, 3.63) is 0 Å². The van der Waals surface area contributed by atoms with Crippen LogP contribution in [0.2, 0.25) is 0 Å². The van der Waals surface area contributed by atoms with Crippen LogP contribution in [0.25, 0.3) is 0 Å². The van der Waals surface area contributed by atoms with Gasteiger partial charge in [-0.25, -0.2) is 4.79 Å². The Labute approximate surface area is 148 Å². The lowest BCUT2D eigenvalue weighted by atomic mass is 10.0. The van der Waals surface area contributed by atoms with E-state index in [9.17, 15) is 14.4 Å². The average molecular weight is 348 g/mol. The van der Waals surface area contributed by atoms with Gasteiger partial charge in [0.25, 0.3) is 0 Å². The summed E-state index contributed by atoms with van der Waals surface area (Å²) in [6, 6.07) is -0.573. The van der Waals surface area contributed by atoms with Crippen molar-refractivity contribution in [2.24, 2.45) is 5.73 Å². The molecule has 3 amide bonds. The van der Waals surface area contributed by atoms with Gasteiger partial charge < -0.3 is 20.7 Å². The van der Waals surface area contributed by atoms with Crippen LogP contribution < -0.4 is 11.1 Å². The number of ether oxygens (including phenoxy) is 1. The zero-order valence-electron chi connectivity index (χ0n) is 15.7. The molecule has 0 spiro atoms. The molecule has 0 saturated carbocycles. The molecule has 24 heavy (non-hydrogen) atoms. The molecule has 0 aromatic carbocycles. The lowest BCUT2D eigenvalue weighted by Gasteiger charge is -2.33. The summed E-state index contributed by atoms with van der Waals surface area (Å²) < 4.78 is 5.04. The Morgan fingerprint density at radius 2 is 1.79 bits per heavy atom. The van der Waals surface area contributed by atoms with Gasteiger partial charge in [0.15, 0.2) is 0 Å². The Bertz CT molecular complexity index is 427. The Balaban J connectivity index is -0.000000798. The van der Waals surface area contributed by atoms with Gasteiger partial charge in [0.1, 0.15) is 18.2 Å². The highest BCUT2D eigenvalue weighted by molar-refractivity contribution is 5.88. The number of nitrogens with two attached hydrogens (primary N) is 1. The lowest BCUT2D eigenvalue weighted by molar-refractivity contribution is -0.140. The van der Waals surface area contributed by atoms with Crippen LogP contribution in [0.1, 0.15) is 69.6 Å². The van der Waals surface area contributed by atoms with E-state index in [-0.39, 0.29) is 15.3 Å². The Kier molecular flexibility index (Phi) is 10.1. The Morgan fingerprint density at radius 1 is 1.21 bits per heavy atom. The van der Waals surface area contributed by atoms with Crippen molar-refractivity contribution in [3.63, 3.8) is 0 Å². The molecule has 0 aliphatic carbocycles. The van der Waals surface area contributed by atoms with Crippen molar-refractivity contribution < 1.29 is 22.0 Å². The molecule has 0 aromatic rings. The third-order valence-electron chi connectivity index (χ3n) is 3.43. The Hall–Kier alpha value is -1.79. The minimum absolute atomic E-state index is 0. The molecule has 1 aliphatic rings. The van der Waals surface area contributed by atoms with Crippen molar-refractivity contribution in [1.82, 2.24) is 10.2 Å². The topological polar surface area (TPSA) is 102 Å². The van der Waals surface area contributed by atoms with Crippen LogP contribution in [0.4, 0.5) is 4.79 Å². The molecule has 7 nitrogen and oxygen atoms in total. The first-order chi connectivity index (χ1) is 11.1. The minimum atomic E-state index is -0.654. The maximum absolute atomic E-state index is 12.0. The smallest absolute Gasteiger partial charge is 0.408 e. The number of hydrogen-bond donors (Lipinski definition) is 2. The lowest BCUT2D eigenvalue weighted by Crippen LogP contribution is -2.53. The number of amides is 3. The quantitative estimate of drug-likeness (QED) is 0.816. The zero-order valence-corrected chi connectivity index (χ0v) is 15.7. The van der Waals surface area contributed by atoms with E-state index in [0.29, 0.717) is 13.0 Å². The number of hydrogen-bond acceptors (Lipinski definition) is 4. The highest BCUT2D eigenvalue weighted by Gasteiger charge is 2.30. The summed E-state index contributed by atoms with van der Waals surface area (Å²) >= 11 is 0. The van der Waals surface area contributed by atoms with Gasteiger partial charge in [-0.1, -0.05) is 26.7 Å². The molecule has 0 aromatic heterocycles. The number of unbranched alkanes of at least 4 members (excludes halogenated alkanes) is 1. The van der Waals surface area contributed by atoms with E-state index in [0.717, 1.165) is 12.8 Å². The maximum atomic E-state index is 12.0. The molecule has 1 saturated heterocycles. The third kappa shape index (κ3) is 9.37. The highest BCUT2D eigenvalue weighted by atomic mass is 16.6. The van der Waals surface area contributed by atoms with Gasteiger partial charge in [-0.2, -0.15) is 0 Å². The number of alkyl carbamates (subject to hydrolysis) is 1. The van der Waals surface area contributed by atoms with E-state index in [1.165, 1.54) is 17.7 Å². The van der Waals surface area contributed by atoms with Crippen LogP contribution in [-0.4, -0.2) is 47.5 Å². The van der Waals surface area contributed by atoms with Crippen molar-refractivity contribution in [2.45, 2.75) is 78.4 Å². The normalized spacial score (nSPS) is 17.4. The molecule has 0 bridgehead atoms. The molecular weight excluding hydrogens is 310 g/mol. The van der Waals surface area contributed by atoms with Gasteiger partial charge in [-0.05, 0) is 40.0 Å². The number of carbonyl (C=O) groups excluding carboxylic acids is 3. The molecular formula is C17H37N3O4. The second-order valence-electron chi connectivity index (χ2n) is 6.86. The largest absolute Gasteiger partial charge is 0.444 e. The van der Waals surface area contributed by atoms with Gasteiger partial charge in [0.2, 0.25) is 11.8 Å². The minimum Gasteiger partial charge on any atom is -0.444 e. The summed E-state index contributed by atoms with van der Waals surface area (Å²) in [6.07, 6.45) is 4.27. The van der Waals surface area contributed by atoms with Crippen molar-refractivity contribution >= 4 is 17.9 Å². The number of piperidine rings is 1. The predicted molar refractivity (Wildman–Crippen MR) is 97.6 cm³/mol. The standard InChI is InChI=1S/C13H23N3O4.C4H10.2H2/c1-13(2,3)20-12(19)15-8-10(17)16-7-5-4-6-9(16)11(14)18;1-3-4-2;;/h9H,4-8H2,1-3H3,(H2,14,18)(H,15,19);3-4H2,1-2H3;2*1H. The first-order valence-electron chi connectivity index (χ1n) is 8.68. The summed E-state index contributed by atoms with van der Waals surface area (Å²) in [4.78, 5) is 36.2. The first-order valence-corrected chi connectivity index (χ1v) is 8.68. The number of carbonyl (C=O) groups is 3. The summed E-state index contributed by atoms with van der Waals surface area (Å²) in [5.74, 6) is -0.824. The van der Waals surface area contributed by atoms with Crippen molar-refractivity contribution in [2.75, 3.05) is 13.1 Å². The van der Waals surface area contributed by atoms with Crippen LogP contribution in [-0.2, 0) is 14.3 Å². The van der Waals surface area contributed by atoms with E-state index in [1.807, 2.05) is 0 Å². The number of primary amides is 1. The van der Waals surface area contributed by atoms with Gasteiger partial charge in [0, 0.05) is 9.40 Å². The van der Waals surface area contributed by atoms with E-state index in [1.54, 1.807) is 20.8 Å². The first kappa shape index (κ1) is 22.2. The van der Waals surface area contributed by atoms with Gasteiger partial charge >= 0.3 is 6.09 Å². The fraction of sp³-hybridized carbons (Fsp3) is 0.824. The van der Waals surface area contributed by atoms with E-state index in [4.69, 9.17) is 10.5 Å². The molecule has 3 N–H and O–H groups in total. The third-order valence-corrected chi connectivity index (χ3v) is 3.43. The zero-order chi connectivity index (χ0) is 18.8. The number of nitrogens with one attached hydrogen (secondary N) is 1. The summed E-state index contributed by atoms with van der Waals surface area (Å²) in [5.41, 5.74) is 4.67. The van der Waals surface area contributed by atoms with Gasteiger partial charge in [-0.15, -0.1) is 0 Å². The molecule has 1 heterocycles. The predicted octanol–water partition coefficient (Wildman–Crippen LogP) is 2.68. The van der Waals surface area contributed by atoms with E-state index in [2.05, 4.69) is 19.2 Å². The fourth-order valence-corrected chi connectivity index (χ4v) is 2.09. The van der Waals surface area contributed by atoms with Gasteiger partial charge in [0.05, 0.1) is 0 Å². The monoisotopic (exact) mass is 347 g/mol. The number of nitrogens with zero attached hydrogens (tertiary/aromatic N) is 1. The highest BCUT2D eigenvalue weighted by Crippen LogP contribution is 2.16. The SMILES string of the molecule is CC(C)(C)OC(=O)NCC(=O)N1CCCCC1C(N)=O.CCCC.[HH].[HH]. The number of rotatable bonds is 4. The Morgan fingerprint density at radius 3 is 2.25 bits per heavy atom. The van der Waals surface area contributed by atoms with E-state index >= 15 is 0 Å². The molecule has 1 fully saturated rings. The number of likely N-dealkylation sites (tertiary alicyclic amines) is 1. The second-order valence-corrected chi connectivity index (χ2v) is 6.86. The molecule has 1 atom stereocenters. The average Bonchev–Trinajstić information content (AvgIpc) is 2.51. The van der Waals surface area contributed by atoms with E-state index < -0.39 is 23.6 Å². The maximum Gasteiger partial charge on any atom is 0.408 e. The molecule has 1 aliphatic heterocycles.